The van der Waals surface area contributed by atoms with Gasteiger partial charge in [0.1, 0.15) is 5.00 Å². The molecule has 1 aliphatic carbocycles. The number of methoxy groups -OCH3 is 1. The molecule has 0 saturated heterocycles. The second kappa shape index (κ2) is 8.37. The number of benzene rings is 1. The van der Waals surface area contributed by atoms with E-state index in [1.165, 1.54) is 18.4 Å². The topological polar surface area (TPSA) is 79.5 Å². The SMILES string of the molecule is COC(=O)c1c(NC(=O)C2=C(C)NC(=S)NC2c2ccc(Cl)cc2)sc2c1CCC2. The molecule has 0 saturated carbocycles. The van der Waals surface area contributed by atoms with Gasteiger partial charge in [-0.15, -0.1) is 11.3 Å². The second-order valence-corrected chi connectivity index (χ2v) is 9.08. The third-order valence-electron chi connectivity index (χ3n) is 5.25. The highest BCUT2D eigenvalue weighted by Crippen LogP contribution is 2.40. The van der Waals surface area contributed by atoms with E-state index >= 15 is 0 Å². The summed E-state index contributed by atoms with van der Waals surface area (Å²) in [5.41, 5.74) is 3.46. The smallest absolute Gasteiger partial charge is 0.341 e. The number of ether oxygens (including phenoxy) is 1. The van der Waals surface area contributed by atoms with Gasteiger partial charge >= 0.3 is 5.97 Å². The van der Waals surface area contributed by atoms with Gasteiger partial charge in [-0.25, -0.2) is 4.79 Å². The van der Waals surface area contributed by atoms with Crippen LogP contribution in [-0.4, -0.2) is 24.1 Å². The molecule has 156 valence electrons. The lowest BCUT2D eigenvalue weighted by molar-refractivity contribution is -0.113. The van der Waals surface area contributed by atoms with E-state index < -0.39 is 12.0 Å². The van der Waals surface area contributed by atoms with Crippen LogP contribution in [0, 0.1) is 0 Å². The van der Waals surface area contributed by atoms with Gasteiger partial charge < -0.3 is 20.7 Å². The van der Waals surface area contributed by atoms with Crippen molar-refractivity contribution in [2.75, 3.05) is 12.4 Å². The standard InChI is InChI=1S/C21H20ClN3O3S2/c1-10-15(17(24-21(29)23-10)11-6-8-12(22)9-7-11)18(26)25-19-16(20(27)28-2)13-4-3-5-14(13)30-19/h6-9,17H,3-5H2,1-2H3,(H,25,26)(H2,23,24,29). The predicted octanol–water partition coefficient (Wildman–Crippen LogP) is 4.11. The van der Waals surface area contributed by atoms with Crippen LogP contribution in [0.2, 0.25) is 5.02 Å². The van der Waals surface area contributed by atoms with E-state index in [9.17, 15) is 9.59 Å². The Hall–Kier alpha value is -2.42. The number of rotatable bonds is 4. The molecule has 1 aromatic heterocycles. The number of hydrogen-bond acceptors (Lipinski definition) is 5. The van der Waals surface area contributed by atoms with Crippen LogP contribution >= 0.6 is 35.2 Å². The number of thiophene rings is 1. The number of nitrogens with one attached hydrogen (secondary N) is 3. The lowest BCUT2D eigenvalue weighted by Gasteiger charge is -2.30. The van der Waals surface area contributed by atoms with Gasteiger partial charge in [0.25, 0.3) is 5.91 Å². The summed E-state index contributed by atoms with van der Waals surface area (Å²) in [7, 11) is 1.35. The first-order valence-corrected chi connectivity index (χ1v) is 11.1. The zero-order chi connectivity index (χ0) is 21.4. The Morgan fingerprint density at radius 3 is 2.70 bits per heavy atom. The molecule has 1 atom stereocenters. The number of esters is 1. The lowest BCUT2D eigenvalue weighted by atomic mass is 9.95. The van der Waals surface area contributed by atoms with E-state index in [0.717, 1.165) is 35.3 Å². The fraction of sp³-hybridized carbons (Fsp3) is 0.286. The van der Waals surface area contributed by atoms with Crippen molar-refractivity contribution in [3.05, 3.63) is 62.1 Å². The van der Waals surface area contributed by atoms with Crippen molar-refractivity contribution in [3.63, 3.8) is 0 Å². The molecule has 1 amide bonds. The van der Waals surface area contributed by atoms with E-state index in [1.807, 2.05) is 12.1 Å². The molecule has 1 aliphatic heterocycles. The monoisotopic (exact) mass is 461 g/mol. The van der Waals surface area contributed by atoms with Crippen molar-refractivity contribution < 1.29 is 14.3 Å². The molecule has 0 spiro atoms. The second-order valence-electron chi connectivity index (χ2n) is 7.13. The molecular weight excluding hydrogens is 442 g/mol. The fourth-order valence-electron chi connectivity index (χ4n) is 3.88. The summed E-state index contributed by atoms with van der Waals surface area (Å²) in [6.07, 6.45) is 2.73. The summed E-state index contributed by atoms with van der Waals surface area (Å²) in [5, 5.41) is 10.7. The number of thiocarbonyl (C=S) groups is 1. The first-order chi connectivity index (χ1) is 14.4. The van der Waals surface area contributed by atoms with Crippen molar-refractivity contribution in [2.24, 2.45) is 0 Å². The van der Waals surface area contributed by atoms with E-state index in [4.69, 9.17) is 28.6 Å². The van der Waals surface area contributed by atoms with Crippen LogP contribution < -0.4 is 16.0 Å². The van der Waals surface area contributed by atoms with Crippen molar-refractivity contribution >= 4 is 57.1 Å². The predicted molar refractivity (Wildman–Crippen MR) is 122 cm³/mol. The number of halogens is 1. The maximum absolute atomic E-state index is 13.4. The highest BCUT2D eigenvalue weighted by molar-refractivity contribution is 7.80. The highest BCUT2D eigenvalue weighted by Gasteiger charge is 2.33. The van der Waals surface area contributed by atoms with Gasteiger partial charge in [0.05, 0.1) is 24.3 Å². The van der Waals surface area contributed by atoms with Crippen molar-refractivity contribution in [3.8, 4) is 0 Å². The van der Waals surface area contributed by atoms with Gasteiger partial charge in [-0.05, 0) is 61.7 Å². The van der Waals surface area contributed by atoms with Gasteiger partial charge in [0.15, 0.2) is 5.11 Å². The maximum Gasteiger partial charge on any atom is 0.341 e. The van der Waals surface area contributed by atoms with Crippen LogP contribution in [0.4, 0.5) is 5.00 Å². The minimum atomic E-state index is -0.440. The average molecular weight is 462 g/mol. The van der Waals surface area contributed by atoms with Crippen LogP contribution in [0.25, 0.3) is 0 Å². The van der Waals surface area contributed by atoms with Crippen molar-refractivity contribution in [2.45, 2.75) is 32.2 Å². The quantitative estimate of drug-likeness (QED) is 0.469. The number of hydrogen-bond donors (Lipinski definition) is 3. The van der Waals surface area contributed by atoms with Crippen LogP contribution in [-0.2, 0) is 22.4 Å². The zero-order valence-electron chi connectivity index (χ0n) is 16.4. The fourth-order valence-corrected chi connectivity index (χ4v) is 5.55. The third-order valence-corrected chi connectivity index (χ3v) is 6.93. The number of fused-ring (bicyclic) bond motifs is 1. The first kappa shape index (κ1) is 20.8. The number of carbonyl (C=O) groups is 2. The minimum Gasteiger partial charge on any atom is -0.465 e. The summed E-state index contributed by atoms with van der Waals surface area (Å²) in [5.74, 6) is -0.731. The molecular formula is C21H20ClN3O3S2. The van der Waals surface area contributed by atoms with Gasteiger partial charge in [-0.1, -0.05) is 23.7 Å². The number of allylic oxidation sites excluding steroid dienone is 1. The van der Waals surface area contributed by atoms with Gasteiger partial charge in [0, 0.05) is 15.6 Å². The molecule has 1 unspecified atom stereocenters. The Morgan fingerprint density at radius 1 is 1.27 bits per heavy atom. The third kappa shape index (κ3) is 3.82. The molecule has 0 fully saturated rings. The summed E-state index contributed by atoms with van der Waals surface area (Å²) in [6, 6.07) is 6.81. The van der Waals surface area contributed by atoms with E-state index in [2.05, 4.69) is 16.0 Å². The van der Waals surface area contributed by atoms with Gasteiger partial charge in [0.2, 0.25) is 0 Å². The van der Waals surface area contributed by atoms with Crippen molar-refractivity contribution in [1.82, 2.24) is 10.6 Å². The number of aryl methyl sites for hydroxylation is 1. The number of carbonyl (C=O) groups excluding carboxylic acids is 2. The molecule has 2 aliphatic rings. The Balaban J connectivity index is 1.69. The first-order valence-electron chi connectivity index (χ1n) is 9.47. The molecule has 2 heterocycles. The molecule has 3 N–H and O–H groups in total. The zero-order valence-corrected chi connectivity index (χ0v) is 18.8. The number of anilines is 1. The average Bonchev–Trinajstić information content (AvgIpc) is 3.28. The molecule has 0 radical (unpaired) electrons. The van der Waals surface area contributed by atoms with Gasteiger partial charge in [-0.2, -0.15) is 0 Å². The largest absolute Gasteiger partial charge is 0.465 e. The molecule has 4 rings (SSSR count). The van der Waals surface area contributed by atoms with Crippen LogP contribution in [0.15, 0.2) is 35.5 Å². The van der Waals surface area contributed by atoms with Crippen LogP contribution in [0.1, 0.15) is 45.7 Å². The van der Waals surface area contributed by atoms with Gasteiger partial charge in [-0.3, -0.25) is 4.79 Å². The molecule has 9 heteroatoms. The minimum absolute atomic E-state index is 0.306. The molecule has 0 bridgehead atoms. The normalized spacial score (nSPS) is 17.8. The Morgan fingerprint density at radius 2 is 2.00 bits per heavy atom. The summed E-state index contributed by atoms with van der Waals surface area (Å²) in [6.45, 7) is 1.81. The Labute approximate surface area is 188 Å². The Bertz CT molecular complexity index is 1080. The highest BCUT2D eigenvalue weighted by atomic mass is 35.5. The number of amides is 1. The Kier molecular flexibility index (Phi) is 5.81. The molecule has 30 heavy (non-hydrogen) atoms. The van der Waals surface area contributed by atoms with E-state index in [0.29, 0.717) is 32.0 Å². The van der Waals surface area contributed by atoms with E-state index in [1.54, 1.807) is 19.1 Å². The maximum atomic E-state index is 13.4. The summed E-state index contributed by atoms with van der Waals surface area (Å²) < 4.78 is 4.97. The molecule has 6 nitrogen and oxygen atoms in total. The molecule has 2 aromatic rings. The lowest BCUT2D eigenvalue weighted by Crippen LogP contribution is -2.45. The van der Waals surface area contributed by atoms with Crippen LogP contribution in [0.3, 0.4) is 0 Å². The molecule has 1 aromatic carbocycles. The van der Waals surface area contributed by atoms with Crippen molar-refractivity contribution in [1.29, 1.82) is 0 Å². The summed E-state index contributed by atoms with van der Waals surface area (Å²) >= 11 is 12.8. The van der Waals surface area contributed by atoms with E-state index in [-0.39, 0.29) is 5.91 Å². The van der Waals surface area contributed by atoms with Crippen LogP contribution in [0.5, 0.6) is 0 Å². The summed E-state index contributed by atoms with van der Waals surface area (Å²) in [4.78, 5) is 26.9.